The second kappa shape index (κ2) is 6.34. The average molecular weight is 326 g/mol. The summed E-state index contributed by atoms with van der Waals surface area (Å²) in [5, 5.41) is 0.369. The molecule has 11 heteroatoms. The van der Waals surface area contributed by atoms with E-state index in [2.05, 4.69) is 9.68 Å². The van der Waals surface area contributed by atoms with Crippen molar-refractivity contribution < 1.29 is 43.2 Å². The first-order valence-corrected chi connectivity index (χ1v) is 6.47. The van der Waals surface area contributed by atoms with Crippen LogP contribution in [0.25, 0.3) is 0 Å². The fraction of sp³-hybridized carbons (Fsp3) is 0.417. The summed E-state index contributed by atoms with van der Waals surface area (Å²) in [6.07, 6.45) is -1.67. The van der Waals surface area contributed by atoms with E-state index in [9.17, 15) is 33.6 Å². The minimum atomic E-state index is -1.61. The lowest BCUT2D eigenvalue weighted by Crippen LogP contribution is -2.37. The minimum absolute atomic E-state index is 0.124. The molecule has 2 fully saturated rings. The van der Waals surface area contributed by atoms with Gasteiger partial charge in [-0.1, -0.05) is 0 Å². The number of nitrogens with zero attached hydrogens (tertiary/aromatic N) is 2. The van der Waals surface area contributed by atoms with Crippen molar-refractivity contribution in [3.05, 3.63) is 0 Å². The number of carbonyl (C=O) groups excluding carboxylic acids is 7. The first-order valence-electron chi connectivity index (χ1n) is 6.47. The highest BCUT2D eigenvalue weighted by Gasteiger charge is 2.36. The third-order valence-electron chi connectivity index (χ3n) is 2.91. The Hall–Kier alpha value is -3.11. The summed E-state index contributed by atoms with van der Waals surface area (Å²) in [6.45, 7) is 0. The fourth-order valence-electron chi connectivity index (χ4n) is 1.79. The molecule has 0 radical (unpaired) electrons. The first-order chi connectivity index (χ1) is 10.8. The molecule has 2 aliphatic rings. The third kappa shape index (κ3) is 3.56. The van der Waals surface area contributed by atoms with E-state index >= 15 is 0 Å². The van der Waals surface area contributed by atoms with Gasteiger partial charge < -0.3 is 9.68 Å². The number of ketones is 1. The molecule has 0 aromatic rings. The molecular formula is C12H10N2O9. The molecule has 0 aliphatic carbocycles. The van der Waals surface area contributed by atoms with Gasteiger partial charge in [0.25, 0.3) is 29.4 Å². The van der Waals surface area contributed by atoms with Crippen LogP contribution in [0.1, 0.15) is 32.1 Å². The van der Waals surface area contributed by atoms with Crippen LogP contribution in [0.4, 0.5) is 0 Å². The van der Waals surface area contributed by atoms with Crippen molar-refractivity contribution in [1.82, 2.24) is 10.1 Å². The van der Waals surface area contributed by atoms with Gasteiger partial charge in [-0.25, -0.2) is 9.59 Å². The second-order valence-corrected chi connectivity index (χ2v) is 4.61. The van der Waals surface area contributed by atoms with Gasteiger partial charge in [-0.15, -0.1) is 10.1 Å². The standard InChI is InChI=1S/C12H10N2O9/c15-6(12(21)23-14-9(18)3-4-10(14)19)5-11(20)22-13-7(16)1-2-8(13)17/h1-5H2. The highest BCUT2D eigenvalue weighted by atomic mass is 16.7. The van der Waals surface area contributed by atoms with Crippen molar-refractivity contribution in [2.75, 3.05) is 0 Å². The van der Waals surface area contributed by atoms with E-state index in [-0.39, 0.29) is 35.8 Å². The summed E-state index contributed by atoms with van der Waals surface area (Å²) in [5.41, 5.74) is 0. The molecule has 2 rings (SSSR count). The number of hydrogen-bond donors (Lipinski definition) is 0. The van der Waals surface area contributed by atoms with E-state index in [4.69, 9.17) is 0 Å². The largest absolute Gasteiger partial charge is 0.399 e. The summed E-state index contributed by atoms with van der Waals surface area (Å²) in [6, 6.07) is 0. The van der Waals surface area contributed by atoms with Crippen LogP contribution in [0.2, 0.25) is 0 Å². The predicted octanol–water partition coefficient (Wildman–Crippen LogP) is -1.84. The molecule has 23 heavy (non-hydrogen) atoms. The lowest BCUT2D eigenvalue weighted by Gasteiger charge is -2.13. The van der Waals surface area contributed by atoms with Crippen LogP contribution in [0, 0.1) is 0 Å². The van der Waals surface area contributed by atoms with Crippen molar-refractivity contribution in [3.8, 4) is 0 Å². The molecule has 2 saturated heterocycles. The topological polar surface area (TPSA) is 144 Å². The number of imide groups is 2. The summed E-state index contributed by atoms with van der Waals surface area (Å²) in [7, 11) is 0. The summed E-state index contributed by atoms with van der Waals surface area (Å²) in [5.74, 6) is -7.39. The Morgan fingerprint density at radius 1 is 0.739 bits per heavy atom. The van der Waals surface area contributed by atoms with Gasteiger partial charge in [0.05, 0.1) is 0 Å². The molecule has 11 nitrogen and oxygen atoms in total. The lowest BCUT2D eigenvalue weighted by atomic mass is 10.3. The van der Waals surface area contributed by atoms with E-state index < -0.39 is 47.8 Å². The zero-order chi connectivity index (χ0) is 17.1. The number of Topliss-reactive ketones (excluding diaryl/α,β-unsaturated/α-hetero) is 1. The zero-order valence-electron chi connectivity index (χ0n) is 11.6. The van der Waals surface area contributed by atoms with Crippen molar-refractivity contribution in [1.29, 1.82) is 0 Å². The number of rotatable bonds is 5. The average Bonchev–Trinajstić information content (AvgIpc) is 2.97. The monoisotopic (exact) mass is 326 g/mol. The maximum atomic E-state index is 11.5. The molecule has 4 amide bonds. The molecule has 0 N–H and O–H groups in total. The molecule has 2 heterocycles. The van der Waals surface area contributed by atoms with Gasteiger partial charge in [-0.3, -0.25) is 24.0 Å². The fourth-order valence-corrected chi connectivity index (χ4v) is 1.79. The Morgan fingerprint density at radius 3 is 1.57 bits per heavy atom. The van der Waals surface area contributed by atoms with E-state index in [1.165, 1.54) is 0 Å². The number of carbonyl (C=O) groups is 7. The normalized spacial score (nSPS) is 17.7. The molecule has 2 aliphatic heterocycles. The van der Waals surface area contributed by atoms with E-state index in [1.54, 1.807) is 0 Å². The van der Waals surface area contributed by atoms with E-state index in [1.807, 2.05) is 0 Å². The quantitative estimate of drug-likeness (QED) is 0.323. The highest BCUT2D eigenvalue weighted by molar-refractivity contribution is 6.37. The highest BCUT2D eigenvalue weighted by Crippen LogP contribution is 2.14. The maximum absolute atomic E-state index is 11.5. The Balaban J connectivity index is 1.86. The van der Waals surface area contributed by atoms with Crippen LogP contribution < -0.4 is 0 Å². The number of amides is 4. The van der Waals surface area contributed by atoms with Gasteiger partial charge in [-0.05, 0) is 0 Å². The van der Waals surface area contributed by atoms with E-state index in [0.717, 1.165) is 0 Å². The van der Waals surface area contributed by atoms with Gasteiger partial charge in [-0.2, -0.15) is 0 Å². The van der Waals surface area contributed by atoms with Crippen molar-refractivity contribution in [3.63, 3.8) is 0 Å². The molecular weight excluding hydrogens is 316 g/mol. The van der Waals surface area contributed by atoms with Crippen LogP contribution in [0.5, 0.6) is 0 Å². The van der Waals surface area contributed by atoms with Crippen molar-refractivity contribution in [2.45, 2.75) is 32.1 Å². The second-order valence-electron chi connectivity index (χ2n) is 4.61. The Labute approximate surface area is 128 Å². The predicted molar refractivity (Wildman–Crippen MR) is 64.0 cm³/mol. The molecule has 0 saturated carbocycles. The van der Waals surface area contributed by atoms with Crippen LogP contribution in [0.15, 0.2) is 0 Å². The maximum Gasteiger partial charge on any atom is 0.399 e. The summed E-state index contributed by atoms with van der Waals surface area (Å²) >= 11 is 0. The molecule has 122 valence electrons. The summed E-state index contributed by atoms with van der Waals surface area (Å²) in [4.78, 5) is 87.9. The molecule has 0 aromatic heterocycles. The van der Waals surface area contributed by atoms with Gasteiger partial charge in [0.1, 0.15) is 6.42 Å². The zero-order valence-corrected chi connectivity index (χ0v) is 11.6. The minimum Gasteiger partial charge on any atom is -0.330 e. The van der Waals surface area contributed by atoms with Gasteiger partial charge >= 0.3 is 11.9 Å². The van der Waals surface area contributed by atoms with Crippen molar-refractivity contribution >= 4 is 41.4 Å². The molecule has 0 atom stereocenters. The third-order valence-corrected chi connectivity index (χ3v) is 2.91. The number of hydrogen-bond acceptors (Lipinski definition) is 9. The van der Waals surface area contributed by atoms with Gasteiger partial charge in [0.15, 0.2) is 0 Å². The van der Waals surface area contributed by atoms with Crippen LogP contribution in [0.3, 0.4) is 0 Å². The Bertz CT molecular complexity index is 606. The van der Waals surface area contributed by atoms with E-state index in [0.29, 0.717) is 0 Å². The number of hydroxylamine groups is 4. The van der Waals surface area contributed by atoms with Crippen molar-refractivity contribution in [2.24, 2.45) is 0 Å². The van der Waals surface area contributed by atoms with Gasteiger partial charge in [0.2, 0.25) is 0 Å². The molecule has 0 bridgehead atoms. The molecule has 0 unspecified atom stereocenters. The molecule has 0 spiro atoms. The molecule has 0 aromatic carbocycles. The first kappa shape index (κ1) is 16.3. The summed E-state index contributed by atoms with van der Waals surface area (Å²) < 4.78 is 0. The SMILES string of the molecule is O=C(CC(=O)C(=O)ON1C(=O)CCC1=O)ON1C(=O)CCC1=O. The van der Waals surface area contributed by atoms with Crippen LogP contribution in [-0.4, -0.2) is 51.5 Å². The van der Waals surface area contributed by atoms with Gasteiger partial charge in [0, 0.05) is 25.7 Å². The Morgan fingerprint density at radius 2 is 1.13 bits per heavy atom. The lowest BCUT2D eigenvalue weighted by molar-refractivity contribution is -0.201. The smallest absolute Gasteiger partial charge is 0.330 e. The van der Waals surface area contributed by atoms with Crippen LogP contribution in [-0.2, 0) is 43.2 Å². The van der Waals surface area contributed by atoms with Crippen LogP contribution >= 0.6 is 0 Å². The Kier molecular flexibility index (Phi) is 4.48.